The Kier molecular flexibility index (Phi) is 4.59. The molecule has 0 radical (unpaired) electrons. The standard InChI is InChI=1S/C23H19N3O3S/c1-14-8-16(12-24-11-14)23(28)26-6-7-29-21-17(13-26)9-15(10-19(21)27)22-25-18-4-2-3-5-20(18)30-22/h2-5,8-12,27H,6-7,13H2,1H3. The van der Waals surface area contributed by atoms with E-state index in [1.165, 1.54) is 0 Å². The first-order valence-electron chi connectivity index (χ1n) is 9.64. The lowest BCUT2D eigenvalue weighted by atomic mass is 10.1. The van der Waals surface area contributed by atoms with E-state index in [1.807, 2.05) is 43.3 Å². The van der Waals surface area contributed by atoms with Crippen LogP contribution < -0.4 is 4.74 Å². The van der Waals surface area contributed by atoms with Crippen LogP contribution in [0.3, 0.4) is 0 Å². The molecule has 0 unspecified atom stereocenters. The lowest BCUT2D eigenvalue weighted by Gasteiger charge is -2.20. The number of pyridine rings is 1. The summed E-state index contributed by atoms with van der Waals surface area (Å²) >= 11 is 1.57. The van der Waals surface area contributed by atoms with E-state index in [0.717, 1.165) is 31.9 Å². The Morgan fingerprint density at radius 3 is 2.90 bits per heavy atom. The maximum atomic E-state index is 13.0. The summed E-state index contributed by atoms with van der Waals surface area (Å²) < 4.78 is 6.88. The third-order valence-corrected chi connectivity index (χ3v) is 6.15. The zero-order chi connectivity index (χ0) is 20.7. The predicted molar refractivity (Wildman–Crippen MR) is 116 cm³/mol. The number of aromatic hydroxyl groups is 1. The van der Waals surface area contributed by atoms with Gasteiger partial charge in [-0.2, -0.15) is 0 Å². The number of aromatic nitrogens is 2. The van der Waals surface area contributed by atoms with Gasteiger partial charge in [-0.3, -0.25) is 9.78 Å². The molecule has 2 aromatic heterocycles. The van der Waals surface area contributed by atoms with E-state index in [0.29, 0.717) is 31.0 Å². The van der Waals surface area contributed by atoms with Gasteiger partial charge in [0.05, 0.1) is 22.3 Å². The van der Waals surface area contributed by atoms with E-state index in [2.05, 4.69) is 9.97 Å². The second kappa shape index (κ2) is 7.42. The van der Waals surface area contributed by atoms with Gasteiger partial charge in [-0.05, 0) is 42.8 Å². The first-order valence-corrected chi connectivity index (χ1v) is 10.5. The molecule has 1 N–H and O–H groups in total. The van der Waals surface area contributed by atoms with Crippen molar-refractivity contribution in [3.8, 4) is 22.1 Å². The number of phenols is 1. The third kappa shape index (κ3) is 3.37. The summed E-state index contributed by atoms with van der Waals surface area (Å²) in [5, 5.41) is 11.4. The predicted octanol–water partition coefficient (Wildman–Crippen LogP) is 4.41. The molecule has 6 nitrogen and oxygen atoms in total. The van der Waals surface area contributed by atoms with Crippen LogP contribution in [0.5, 0.6) is 11.5 Å². The molecule has 7 heteroatoms. The summed E-state index contributed by atoms with van der Waals surface area (Å²) in [4.78, 5) is 23.6. The first-order chi connectivity index (χ1) is 14.6. The summed E-state index contributed by atoms with van der Waals surface area (Å²) in [7, 11) is 0. The molecule has 0 fully saturated rings. The number of carbonyl (C=O) groups is 1. The number of para-hydroxylation sites is 1. The van der Waals surface area contributed by atoms with Crippen LogP contribution in [0.15, 0.2) is 54.9 Å². The van der Waals surface area contributed by atoms with Crippen LogP contribution in [-0.4, -0.2) is 39.0 Å². The van der Waals surface area contributed by atoms with Gasteiger partial charge in [0, 0.05) is 30.1 Å². The quantitative estimate of drug-likeness (QED) is 0.523. The van der Waals surface area contributed by atoms with Gasteiger partial charge in [0.15, 0.2) is 11.5 Å². The molecule has 0 aliphatic carbocycles. The summed E-state index contributed by atoms with van der Waals surface area (Å²) in [6.07, 6.45) is 3.30. The second-order valence-electron chi connectivity index (χ2n) is 7.30. The number of carbonyl (C=O) groups excluding carboxylic acids is 1. The van der Waals surface area contributed by atoms with Gasteiger partial charge >= 0.3 is 0 Å². The monoisotopic (exact) mass is 417 g/mol. The molecule has 30 heavy (non-hydrogen) atoms. The molecular weight excluding hydrogens is 398 g/mol. The fraction of sp³-hybridized carbons (Fsp3) is 0.174. The van der Waals surface area contributed by atoms with Gasteiger partial charge in [-0.25, -0.2) is 4.98 Å². The van der Waals surface area contributed by atoms with E-state index in [1.54, 1.807) is 34.7 Å². The lowest BCUT2D eigenvalue weighted by molar-refractivity contribution is 0.0732. The van der Waals surface area contributed by atoms with Crippen LogP contribution in [0.1, 0.15) is 21.5 Å². The zero-order valence-electron chi connectivity index (χ0n) is 16.3. The average molecular weight is 417 g/mol. The second-order valence-corrected chi connectivity index (χ2v) is 8.33. The van der Waals surface area contributed by atoms with Crippen molar-refractivity contribution in [1.29, 1.82) is 0 Å². The lowest BCUT2D eigenvalue weighted by Crippen LogP contribution is -2.32. The van der Waals surface area contributed by atoms with Crippen LogP contribution in [-0.2, 0) is 6.54 Å². The number of rotatable bonds is 2. The molecule has 1 aliphatic rings. The molecule has 5 rings (SSSR count). The number of benzene rings is 2. The summed E-state index contributed by atoms with van der Waals surface area (Å²) in [6.45, 7) is 2.99. The number of phenolic OH excluding ortho intramolecular Hbond substituents is 1. The number of hydrogen-bond donors (Lipinski definition) is 1. The molecule has 0 atom stereocenters. The van der Waals surface area contributed by atoms with Crippen molar-refractivity contribution in [1.82, 2.24) is 14.9 Å². The van der Waals surface area contributed by atoms with Gasteiger partial charge in [0.2, 0.25) is 0 Å². The summed E-state index contributed by atoms with van der Waals surface area (Å²) in [5.74, 6) is 0.387. The maximum absolute atomic E-state index is 13.0. The Balaban J connectivity index is 1.51. The van der Waals surface area contributed by atoms with Crippen molar-refractivity contribution in [2.45, 2.75) is 13.5 Å². The van der Waals surface area contributed by atoms with Crippen molar-refractivity contribution >= 4 is 27.5 Å². The number of aryl methyl sites for hydroxylation is 1. The zero-order valence-corrected chi connectivity index (χ0v) is 17.1. The molecule has 150 valence electrons. The van der Waals surface area contributed by atoms with Crippen molar-refractivity contribution < 1.29 is 14.6 Å². The fourth-order valence-electron chi connectivity index (χ4n) is 3.65. The van der Waals surface area contributed by atoms with Crippen LogP contribution in [0.25, 0.3) is 20.8 Å². The summed E-state index contributed by atoms with van der Waals surface area (Å²) in [6, 6.07) is 13.4. The van der Waals surface area contributed by atoms with E-state index < -0.39 is 0 Å². The molecule has 1 amide bonds. The Morgan fingerprint density at radius 2 is 2.07 bits per heavy atom. The number of ether oxygens (including phenoxy) is 1. The highest BCUT2D eigenvalue weighted by Crippen LogP contribution is 2.39. The van der Waals surface area contributed by atoms with Crippen molar-refractivity contribution in [3.63, 3.8) is 0 Å². The Hall–Kier alpha value is -3.45. The molecule has 2 aromatic carbocycles. The van der Waals surface area contributed by atoms with Crippen LogP contribution >= 0.6 is 11.3 Å². The highest BCUT2D eigenvalue weighted by Gasteiger charge is 2.24. The van der Waals surface area contributed by atoms with Gasteiger partial charge < -0.3 is 14.7 Å². The number of amides is 1. The number of nitrogens with zero attached hydrogens (tertiary/aromatic N) is 3. The maximum Gasteiger partial charge on any atom is 0.255 e. The minimum atomic E-state index is -0.104. The number of hydrogen-bond acceptors (Lipinski definition) is 6. The highest BCUT2D eigenvalue weighted by molar-refractivity contribution is 7.21. The van der Waals surface area contributed by atoms with Gasteiger partial charge in [0.25, 0.3) is 5.91 Å². The molecule has 0 bridgehead atoms. The molecule has 3 heterocycles. The average Bonchev–Trinajstić information content (AvgIpc) is 3.06. The highest BCUT2D eigenvalue weighted by atomic mass is 32.1. The van der Waals surface area contributed by atoms with Crippen LogP contribution in [0.2, 0.25) is 0 Å². The Morgan fingerprint density at radius 1 is 1.20 bits per heavy atom. The summed E-state index contributed by atoms with van der Waals surface area (Å²) in [5.41, 5.74) is 3.97. The Bertz CT molecular complexity index is 1230. The molecule has 1 aliphatic heterocycles. The number of fused-ring (bicyclic) bond motifs is 2. The smallest absolute Gasteiger partial charge is 0.255 e. The van der Waals surface area contributed by atoms with E-state index in [4.69, 9.17) is 4.74 Å². The van der Waals surface area contributed by atoms with E-state index in [9.17, 15) is 9.90 Å². The van der Waals surface area contributed by atoms with Gasteiger partial charge in [-0.1, -0.05) is 12.1 Å². The van der Waals surface area contributed by atoms with Crippen molar-refractivity contribution in [3.05, 3.63) is 71.5 Å². The first kappa shape index (κ1) is 18.6. The van der Waals surface area contributed by atoms with E-state index >= 15 is 0 Å². The van der Waals surface area contributed by atoms with E-state index in [-0.39, 0.29) is 11.7 Å². The van der Waals surface area contributed by atoms with Crippen molar-refractivity contribution in [2.24, 2.45) is 0 Å². The molecule has 0 spiro atoms. The Labute approximate surface area is 177 Å². The third-order valence-electron chi connectivity index (χ3n) is 5.07. The SMILES string of the molecule is Cc1cncc(C(=O)N2CCOc3c(O)cc(-c4nc5ccccc5s4)cc3C2)c1. The fourth-order valence-corrected chi connectivity index (χ4v) is 4.60. The molecule has 4 aromatic rings. The van der Waals surface area contributed by atoms with Gasteiger partial charge in [0.1, 0.15) is 11.6 Å². The largest absolute Gasteiger partial charge is 0.504 e. The minimum absolute atomic E-state index is 0.0632. The van der Waals surface area contributed by atoms with Crippen LogP contribution in [0.4, 0.5) is 0 Å². The number of thiazole rings is 1. The molecule has 0 saturated carbocycles. The molecular formula is C23H19N3O3S. The normalized spacial score (nSPS) is 13.6. The van der Waals surface area contributed by atoms with Crippen LogP contribution in [0, 0.1) is 6.92 Å². The van der Waals surface area contributed by atoms with Gasteiger partial charge in [-0.15, -0.1) is 11.3 Å². The van der Waals surface area contributed by atoms with Crippen molar-refractivity contribution in [2.75, 3.05) is 13.2 Å². The molecule has 0 saturated heterocycles. The topological polar surface area (TPSA) is 75.6 Å². The minimum Gasteiger partial charge on any atom is -0.504 e.